The van der Waals surface area contributed by atoms with Gasteiger partial charge in [0, 0.05) is 24.2 Å². The van der Waals surface area contributed by atoms with E-state index in [1.54, 1.807) is 24.3 Å². The Morgan fingerprint density at radius 2 is 1.76 bits per heavy atom. The van der Waals surface area contributed by atoms with Crippen molar-refractivity contribution in [3.63, 3.8) is 0 Å². The molecule has 0 saturated carbocycles. The number of imide groups is 1. The zero-order valence-corrected chi connectivity index (χ0v) is 14.0. The molecule has 1 aliphatic carbocycles. The molecule has 3 amide bonds. The van der Waals surface area contributed by atoms with Crippen LogP contribution in [0.2, 0.25) is 0 Å². The lowest BCUT2D eigenvalue weighted by Gasteiger charge is -2.14. The zero-order valence-electron chi connectivity index (χ0n) is 14.0. The van der Waals surface area contributed by atoms with Crippen LogP contribution in [-0.2, 0) is 14.4 Å². The standard InChI is InChI=1S/C19H20N2O4/c1-12(22)13-5-4-6-14(11-13)20-17(23)9-10-21-18(24)15-7-2-3-8-16(15)19(21)25/h2-6,11,15-16H,7-10H2,1H3,(H,20,23). The largest absolute Gasteiger partial charge is 0.326 e. The van der Waals surface area contributed by atoms with Crippen molar-refractivity contribution < 1.29 is 19.2 Å². The van der Waals surface area contributed by atoms with Crippen LogP contribution >= 0.6 is 0 Å². The fourth-order valence-corrected chi connectivity index (χ4v) is 3.34. The summed E-state index contributed by atoms with van der Waals surface area (Å²) in [7, 11) is 0. The van der Waals surface area contributed by atoms with Crippen LogP contribution in [0.15, 0.2) is 36.4 Å². The van der Waals surface area contributed by atoms with Gasteiger partial charge in [0.1, 0.15) is 0 Å². The van der Waals surface area contributed by atoms with Crippen LogP contribution in [0, 0.1) is 11.8 Å². The molecule has 2 aliphatic rings. The van der Waals surface area contributed by atoms with Crippen molar-refractivity contribution in [1.29, 1.82) is 0 Å². The lowest BCUT2D eigenvalue weighted by atomic mass is 9.85. The highest BCUT2D eigenvalue weighted by Gasteiger charge is 2.46. The van der Waals surface area contributed by atoms with Crippen molar-refractivity contribution in [2.75, 3.05) is 11.9 Å². The molecule has 3 rings (SSSR count). The van der Waals surface area contributed by atoms with Crippen LogP contribution < -0.4 is 5.32 Å². The maximum atomic E-state index is 12.3. The maximum absolute atomic E-state index is 12.3. The van der Waals surface area contributed by atoms with Crippen molar-refractivity contribution in [3.8, 4) is 0 Å². The fourth-order valence-electron chi connectivity index (χ4n) is 3.34. The fraction of sp³-hybridized carbons (Fsp3) is 0.368. The third-order valence-corrected chi connectivity index (χ3v) is 4.71. The molecule has 1 aromatic carbocycles. The number of allylic oxidation sites excluding steroid dienone is 2. The number of nitrogens with one attached hydrogen (secondary N) is 1. The van der Waals surface area contributed by atoms with E-state index in [2.05, 4.69) is 5.32 Å². The molecule has 1 aliphatic heterocycles. The maximum Gasteiger partial charge on any atom is 0.233 e. The average Bonchev–Trinajstić information content (AvgIpc) is 2.85. The number of likely N-dealkylation sites (tertiary alicyclic amines) is 1. The lowest BCUT2D eigenvalue weighted by Crippen LogP contribution is -2.34. The van der Waals surface area contributed by atoms with Crippen molar-refractivity contribution in [1.82, 2.24) is 4.90 Å². The highest BCUT2D eigenvalue weighted by molar-refractivity contribution is 6.06. The summed E-state index contributed by atoms with van der Waals surface area (Å²) >= 11 is 0. The minimum atomic E-state index is -0.297. The van der Waals surface area contributed by atoms with Gasteiger partial charge in [-0.2, -0.15) is 0 Å². The van der Waals surface area contributed by atoms with Gasteiger partial charge < -0.3 is 5.32 Å². The smallest absolute Gasteiger partial charge is 0.233 e. The normalized spacial score (nSPS) is 22.0. The number of benzene rings is 1. The van der Waals surface area contributed by atoms with Gasteiger partial charge in [0.25, 0.3) is 0 Å². The number of rotatable bonds is 5. The van der Waals surface area contributed by atoms with Crippen LogP contribution in [0.5, 0.6) is 0 Å². The molecule has 1 saturated heterocycles. The number of hydrogen-bond donors (Lipinski definition) is 1. The third-order valence-electron chi connectivity index (χ3n) is 4.71. The van der Waals surface area contributed by atoms with Crippen LogP contribution in [0.1, 0.15) is 36.5 Å². The quantitative estimate of drug-likeness (QED) is 0.506. The lowest BCUT2D eigenvalue weighted by molar-refractivity contribution is -0.140. The first kappa shape index (κ1) is 17.1. The second-order valence-electron chi connectivity index (χ2n) is 6.42. The summed E-state index contributed by atoms with van der Waals surface area (Å²) in [5, 5.41) is 2.70. The molecule has 25 heavy (non-hydrogen) atoms. The Labute approximate surface area is 145 Å². The van der Waals surface area contributed by atoms with Crippen LogP contribution in [-0.4, -0.2) is 34.9 Å². The van der Waals surface area contributed by atoms with Crippen molar-refractivity contribution in [2.24, 2.45) is 11.8 Å². The molecular formula is C19H20N2O4. The minimum absolute atomic E-state index is 0.0364. The molecular weight excluding hydrogens is 320 g/mol. The molecule has 0 spiro atoms. The van der Waals surface area contributed by atoms with Gasteiger partial charge >= 0.3 is 0 Å². The first-order valence-corrected chi connectivity index (χ1v) is 8.38. The van der Waals surface area contributed by atoms with E-state index >= 15 is 0 Å². The Hall–Kier alpha value is -2.76. The van der Waals surface area contributed by atoms with E-state index in [0.717, 1.165) is 0 Å². The highest BCUT2D eigenvalue weighted by atomic mass is 16.2. The summed E-state index contributed by atoms with van der Waals surface area (Å²) in [4.78, 5) is 49.4. The first-order valence-electron chi connectivity index (χ1n) is 8.38. The Balaban J connectivity index is 1.58. The first-order chi connectivity index (χ1) is 12.0. The molecule has 1 N–H and O–H groups in total. The van der Waals surface area contributed by atoms with E-state index in [1.165, 1.54) is 11.8 Å². The van der Waals surface area contributed by atoms with E-state index in [0.29, 0.717) is 24.1 Å². The van der Waals surface area contributed by atoms with E-state index < -0.39 is 0 Å². The molecule has 6 heteroatoms. The molecule has 6 nitrogen and oxygen atoms in total. The van der Waals surface area contributed by atoms with Crippen molar-refractivity contribution >= 4 is 29.2 Å². The topological polar surface area (TPSA) is 83.6 Å². The summed E-state index contributed by atoms with van der Waals surface area (Å²) in [6.07, 6.45) is 5.09. The summed E-state index contributed by atoms with van der Waals surface area (Å²) in [6, 6.07) is 6.66. The molecule has 0 aromatic heterocycles. The summed E-state index contributed by atoms with van der Waals surface area (Å²) in [5.74, 6) is -1.27. The molecule has 1 heterocycles. The van der Waals surface area contributed by atoms with E-state index in [9.17, 15) is 19.2 Å². The minimum Gasteiger partial charge on any atom is -0.326 e. The van der Waals surface area contributed by atoms with E-state index in [1.807, 2.05) is 12.2 Å². The summed E-state index contributed by atoms with van der Waals surface area (Å²) in [5.41, 5.74) is 1.04. The Bertz CT molecular complexity index is 742. The van der Waals surface area contributed by atoms with Gasteiger partial charge in [0.05, 0.1) is 11.8 Å². The Morgan fingerprint density at radius 1 is 1.12 bits per heavy atom. The SMILES string of the molecule is CC(=O)c1cccc(NC(=O)CCN2C(=O)C3CC=CCC3C2=O)c1. The number of Topliss-reactive ketones (excluding diaryl/α,β-unsaturated/α-hetero) is 1. The molecule has 1 fully saturated rings. The second-order valence-corrected chi connectivity index (χ2v) is 6.42. The molecule has 0 bridgehead atoms. The zero-order chi connectivity index (χ0) is 18.0. The molecule has 2 unspecified atom stereocenters. The molecule has 0 radical (unpaired) electrons. The predicted molar refractivity (Wildman–Crippen MR) is 91.8 cm³/mol. The number of ketones is 1. The third kappa shape index (κ3) is 3.52. The second kappa shape index (κ2) is 7.01. The van der Waals surface area contributed by atoms with Gasteiger partial charge in [0.15, 0.2) is 5.78 Å². The summed E-state index contributed by atoms with van der Waals surface area (Å²) in [6.45, 7) is 1.54. The predicted octanol–water partition coefficient (Wildman–Crippen LogP) is 2.17. The van der Waals surface area contributed by atoms with E-state index in [4.69, 9.17) is 0 Å². The van der Waals surface area contributed by atoms with Gasteiger partial charge in [-0.15, -0.1) is 0 Å². The molecule has 130 valence electrons. The van der Waals surface area contributed by atoms with Crippen molar-refractivity contribution in [3.05, 3.63) is 42.0 Å². The number of carbonyl (C=O) groups excluding carboxylic acids is 4. The number of carbonyl (C=O) groups is 4. The summed E-state index contributed by atoms with van der Waals surface area (Å²) < 4.78 is 0. The average molecular weight is 340 g/mol. The van der Waals surface area contributed by atoms with Crippen molar-refractivity contribution in [2.45, 2.75) is 26.2 Å². The highest BCUT2D eigenvalue weighted by Crippen LogP contribution is 2.35. The van der Waals surface area contributed by atoms with Gasteiger partial charge in [-0.1, -0.05) is 24.3 Å². The van der Waals surface area contributed by atoms with Crippen LogP contribution in [0.25, 0.3) is 0 Å². The number of fused-ring (bicyclic) bond motifs is 1. The number of hydrogen-bond acceptors (Lipinski definition) is 4. The molecule has 1 aromatic rings. The van der Waals surface area contributed by atoms with E-state index in [-0.39, 0.29) is 48.3 Å². The Kier molecular flexibility index (Phi) is 4.79. The Morgan fingerprint density at radius 3 is 2.36 bits per heavy atom. The monoisotopic (exact) mass is 340 g/mol. The van der Waals surface area contributed by atoms with Crippen LogP contribution in [0.4, 0.5) is 5.69 Å². The van der Waals surface area contributed by atoms with Gasteiger partial charge in [0.2, 0.25) is 17.7 Å². The number of anilines is 1. The van der Waals surface area contributed by atoms with Gasteiger partial charge in [-0.05, 0) is 31.9 Å². The van der Waals surface area contributed by atoms with Gasteiger partial charge in [-0.25, -0.2) is 0 Å². The van der Waals surface area contributed by atoms with Crippen LogP contribution in [0.3, 0.4) is 0 Å². The molecule has 2 atom stereocenters. The van der Waals surface area contributed by atoms with Gasteiger partial charge in [-0.3, -0.25) is 24.1 Å². The number of nitrogens with zero attached hydrogens (tertiary/aromatic N) is 1. The number of amides is 3.